The van der Waals surface area contributed by atoms with Crippen molar-refractivity contribution in [1.82, 2.24) is 10.2 Å². The van der Waals surface area contributed by atoms with Crippen LogP contribution in [0.2, 0.25) is 0 Å². The zero-order valence-electron chi connectivity index (χ0n) is 13.7. The van der Waals surface area contributed by atoms with Gasteiger partial charge in [0.2, 0.25) is 0 Å². The van der Waals surface area contributed by atoms with Crippen LogP contribution in [0.5, 0.6) is 0 Å². The lowest BCUT2D eigenvalue weighted by Crippen LogP contribution is -2.57. The molecule has 0 aromatic carbocycles. The molecule has 3 atom stereocenters. The van der Waals surface area contributed by atoms with Gasteiger partial charge in [0.05, 0.1) is 5.60 Å². The minimum absolute atomic E-state index is 0.0502. The first-order valence-corrected chi connectivity index (χ1v) is 8.12. The van der Waals surface area contributed by atoms with E-state index in [1.165, 1.54) is 38.6 Å². The number of ether oxygens (including phenoxy) is 1. The fourth-order valence-electron chi connectivity index (χ4n) is 3.49. The van der Waals surface area contributed by atoms with Crippen LogP contribution in [0.15, 0.2) is 0 Å². The number of methoxy groups -OCH3 is 1. The molecule has 1 aliphatic rings. The van der Waals surface area contributed by atoms with Crippen molar-refractivity contribution in [2.45, 2.75) is 77.5 Å². The highest BCUT2D eigenvalue weighted by Gasteiger charge is 2.35. The lowest BCUT2D eigenvalue weighted by Gasteiger charge is -2.45. The van der Waals surface area contributed by atoms with Gasteiger partial charge in [-0.1, -0.05) is 27.2 Å². The second kappa shape index (κ2) is 8.23. The van der Waals surface area contributed by atoms with Crippen molar-refractivity contribution in [2.75, 3.05) is 26.7 Å². The first kappa shape index (κ1) is 16.9. The first-order valence-electron chi connectivity index (χ1n) is 8.12. The van der Waals surface area contributed by atoms with E-state index in [0.717, 1.165) is 13.1 Å². The third-order valence-corrected chi connectivity index (χ3v) is 4.60. The van der Waals surface area contributed by atoms with E-state index in [1.54, 1.807) is 0 Å². The second-order valence-electron chi connectivity index (χ2n) is 6.16. The molecule has 1 heterocycles. The maximum atomic E-state index is 5.74. The Hall–Kier alpha value is -0.120. The third kappa shape index (κ3) is 4.73. The normalized spacial score (nSPS) is 28.3. The standard InChI is InChI=1S/C16H34N2O/c1-6-10-14(17-8-3)15(7-2)18-12-9-11-16(4,13-18)19-5/h14-15,17H,6-13H2,1-5H3. The maximum Gasteiger partial charge on any atom is 0.0777 e. The highest BCUT2D eigenvalue weighted by molar-refractivity contribution is 4.91. The quantitative estimate of drug-likeness (QED) is 0.733. The molecule has 0 aromatic heterocycles. The molecule has 0 amide bonds. The Morgan fingerprint density at radius 1 is 1.32 bits per heavy atom. The Balaban J connectivity index is 2.71. The number of rotatable bonds is 8. The predicted octanol–water partition coefficient (Wildman–Crippen LogP) is 3.04. The first-order chi connectivity index (χ1) is 9.10. The van der Waals surface area contributed by atoms with Crippen molar-refractivity contribution >= 4 is 0 Å². The molecule has 3 heteroatoms. The van der Waals surface area contributed by atoms with E-state index in [0.29, 0.717) is 12.1 Å². The van der Waals surface area contributed by atoms with Crippen LogP contribution in [-0.2, 0) is 4.74 Å². The van der Waals surface area contributed by atoms with Gasteiger partial charge in [0, 0.05) is 25.7 Å². The van der Waals surface area contributed by atoms with E-state index in [2.05, 4.69) is 37.9 Å². The molecule has 0 aromatic rings. The molecule has 114 valence electrons. The highest BCUT2D eigenvalue weighted by Crippen LogP contribution is 2.27. The van der Waals surface area contributed by atoms with Gasteiger partial charge in [0.15, 0.2) is 0 Å². The SMILES string of the molecule is CCCC(NCC)C(CC)N1CCCC(C)(OC)C1. The summed E-state index contributed by atoms with van der Waals surface area (Å²) in [6, 6.07) is 1.27. The molecule has 3 unspecified atom stereocenters. The van der Waals surface area contributed by atoms with Gasteiger partial charge >= 0.3 is 0 Å². The van der Waals surface area contributed by atoms with Gasteiger partial charge in [0.25, 0.3) is 0 Å². The molecule has 0 radical (unpaired) electrons. The van der Waals surface area contributed by atoms with Crippen LogP contribution in [0.4, 0.5) is 0 Å². The summed E-state index contributed by atoms with van der Waals surface area (Å²) in [5.41, 5.74) is 0.0502. The van der Waals surface area contributed by atoms with Gasteiger partial charge in [-0.25, -0.2) is 0 Å². The van der Waals surface area contributed by atoms with Crippen molar-refractivity contribution in [3.8, 4) is 0 Å². The summed E-state index contributed by atoms with van der Waals surface area (Å²) in [5, 5.41) is 3.69. The number of piperidine rings is 1. The van der Waals surface area contributed by atoms with Crippen LogP contribution in [-0.4, -0.2) is 49.3 Å². The average molecular weight is 270 g/mol. The van der Waals surface area contributed by atoms with Gasteiger partial charge in [-0.3, -0.25) is 4.90 Å². The summed E-state index contributed by atoms with van der Waals surface area (Å²) < 4.78 is 5.74. The van der Waals surface area contributed by atoms with Crippen molar-refractivity contribution in [3.05, 3.63) is 0 Å². The molecule has 0 saturated carbocycles. The minimum Gasteiger partial charge on any atom is -0.377 e. The number of nitrogens with one attached hydrogen (secondary N) is 1. The third-order valence-electron chi connectivity index (χ3n) is 4.60. The van der Waals surface area contributed by atoms with Crippen molar-refractivity contribution in [2.24, 2.45) is 0 Å². The van der Waals surface area contributed by atoms with Gasteiger partial charge < -0.3 is 10.1 Å². The number of likely N-dealkylation sites (N-methyl/N-ethyl adjacent to an activating group) is 1. The van der Waals surface area contributed by atoms with E-state index in [1.807, 2.05) is 7.11 Å². The van der Waals surface area contributed by atoms with Gasteiger partial charge in [0.1, 0.15) is 0 Å². The van der Waals surface area contributed by atoms with E-state index in [-0.39, 0.29) is 5.60 Å². The van der Waals surface area contributed by atoms with Crippen molar-refractivity contribution < 1.29 is 4.74 Å². The average Bonchev–Trinajstić information content (AvgIpc) is 2.40. The fraction of sp³-hybridized carbons (Fsp3) is 1.00. The smallest absolute Gasteiger partial charge is 0.0777 e. The van der Waals surface area contributed by atoms with Crippen LogP contribution >= 0.6 is 0 Å². The van der Waals surface area contributed by atoms with E-state index in [9.17, 15) is 0 Å². The summed E-state index contributed by atoms with van der Waals surface area (Å²) in [6.45, 7) is 12.4. The van der Waals surface area contributed by atoms with Crippen LogP contribution in [0.3, 0.4) is 0 Å². The number of hydrogen-bond acceptors (Lipinski definition) is 3. The fourth-order valence-corrected chi connectivity index (χ4v) is 3.49. The minimum atomic E-state index is 0.0502. The second-order valence-corrected chi connectivity index (χ2v) is 6.16. The van der Waals surface area contributed by atoms with Crippen molar-refractivity contribution in [3.63, 3.8) is 0 Å². The zero-order valence-corrected chi connectivity index (χ0v) is 13.7. The molecule has 19 heavy (non-hydrogen) atoms. The molecule has 1 aliphatic heterocycles. The molecule has 1 rings (SSSR count). The molecule has 0 aliphatic carbocycles. The van der Waals surface area contributed by atoms with E-state index in [4.69, 9.17) is 4.74 Å². The van der Waals surface area contributed by atoms with Crippen LogP contribution in [0, 0.1) is 0 Å². The Bertz CT molecular complexity index is 241. The highest BCUT2D eigenvalue weighted by atomic mass is 16.5. The van der Waals surface area contributed by atoms with Crippen LogP contribution in [0.25, 0.3) is 0 Å². The Kier molecular flexibility index (Phi) is 7.33. The van der Waals surface area contributed by atoms with Crippen molar-refractivity contribution in [1.29, 1.82) is 0 Å². The summed E-state index contributed by atoms with van der Waals surface area (Å²) in [6.07, 6.45) is 6.19. The summed E-state index contributed by atoms with van der Waals surface area (Å²) in [7, 11) is 1.86. The van der Waals surface area contributed by atoms with Gasteiger partial charge in [-0.05, 0) is 45.7 Å². The molecular weight excluding hydrogens is 236 g/mol. The maximum absolute atomic E-state index is 5.74. The number of nitrogens with zero attached hydrogens (tertiary/aromatic N) is 1. The Labute approximate surface area is 120 Å². The predicted molar refractivity (Wildman–Crippen MR) is 82.7 cm³/mol. The Morgan fingerprint density at radius 2 is 2.05 bits per heavy atom. The summed E-state index contributed by atoms with van der Waals surface area (Å²) in [5.74, 6) is 0. The monoisotopic (exact) mass is 270 g/mol. The summed E-state index contributed by atoms with van der Waals surface area (Å²) in [4.78, 5) is 2.66. The number of likely N-dealkylation sites (tertiary alicyclic amines) is 1. The van der Waals surface area contributed by atoms with Crippen LogP contribution < -0.4 is 5.32 Å². The zero-order chi connectivity index (χ0) is 14.3. The van der Waals surface area contributed by atoms with Crippen LogP contribution in [0.1, 0.15) is 59.8 Å². The summed E-state index contributed by atoms with van der Waals surface area (Å²) >= 11 is 0. The largest absolute Gasteiger partial charge is 0.377 e. The lowest BCUT2D eigenvalue weighted by atomic mass is 9.90. The van der Waals surface area contributed by atoms with Gasteiger partial charge in [-0.15, -0.1) is 0 Å². The molecule has 0 bridgehead atoms. The molecule has 1 saturated heterocycles. The number of hydrogen-bond donors (Lipinski definition) is 1. The van der Waals surface area contributed by atoms with E-state index < -0.39 is 0 Å². The topological polar surface area (TPSA) is 24.5 Å². The molecule has 1 fully saturated rings. The Morgan fingerprint density at radius 3 is 2.58 bits per heavy atom. The molecule has 3 nitrogen and oxygen atoms in total. The molecule has 1 N–H and O–H groups in total. The van der Waals surface area contributed by atoms with E-state index >= 15 is 0 Å². The molecule has 0 spiro atoms. The lowest BCUT2D eigenvalue weighted by molar-refractivity contribution is -0.0656. The van der Waals surface area contributed by atoms with Gasteiger partial charge in [-0.2, -0.15) is 0 Å². The molecular formula is C16H34N2O.